The lowest BCUT2D eigenvalue weighted by atomic mass is 10.0. The predicted molar refractivity (Wildman–Crippen MR) is 176 cm³/mol. The molecule has 0 radical (unpaired) electrons. The van der Waals surface area contributed by atoms with Crippen LogP contribution >= 0.6 is 0 Å². The van der Waals surface area contributed by atoms with Crippen molar-refractivity contribution in [3.63, 3.8) is 0 Å². The summed E-state index contributed by atoms with van der Waals surface area (Å²) in [4.78, 5) is 18.7. The maximum absolute atomic E-state index is 6.42. The van der Waals surface area contributed by atoms with Crippen molar-refractivity contribution in [3.8, 4) is 39.6 Å². The summed E-state index contributed by atoms with van der Waals surface area (Å²) in [7, 11) is 0. The van der Waals surface area contributed by atoms with Gasteiger partial charge >= 0.3 is 0 Å². The van der Waals surface area contributed by atoms with E-state index in [9.17, 15) is 0 Å². The van der Waals surface area contributed by atoms with Crippen LogP contribution in [0, 0.1) is 0 Å². The second kappa shape index (κ2) is 9.71. The van der Waals surface area contributed by atoms with Crippen molar-refractivity contribution in [2.75, 3.05) is 0 Å². The van der Waals surface area contributed by atoms with Gasteiger partial charge in [-0.3, -0.25) is 4.98 Å². The lowest BCUT2D eigenvalue weighted by Gasteiger charge is -2.10. The molecule has 0 aliphatic carbocycles. The van der Waals surface area contributed by atoms with E-state index in [4.69, 9.17) is 14.4 Å². The zero-order chi connectivity index (χ0) is 29.0. The normalized spacial score (nSPS) is 11.6. The van der Waals surface area contributed by atoms with E-state index in [1.807, 2.05) is 60.8 Å². The average Bonchev–Trinajstić information content (AvgIpc) is 3.65. The van der Waals surface area contributed by atoms with Crippen LogP contribution in [0.5, 0.6) is 0 Å². The molecule has 9 rings (SSSR count). The first-order valence-corrected chi connectivity index (χ1v) is 14.5. The van der Waals surface area contributed by atoms with Crippen LogP contribution in [-0.4, -0.2) is 24.5 Å². The largest absolute Gasteiger partial charge is 0.455 e. The molecule has 4 heterocycles. The Labute approximate surface area is 251 Å². The number of hydrogen-bond acceptors (Lipinski definition) is 5. The molecule has 0 saturated carbocycles. The Morgan fingerprint density at radius 2 is 1.27 bits per heavy atom. The van der Waals surface area contributed by atoms with Gasteiger partial charge in [0.1, 0.15) is 23.0 Å². The lowest BCUT2D eigenvalue weighted by molar-refractivity contribution is 0.673. The van der Waals surface area contributed by atoms with E-state index in [-0.39, 0.29) is 0 Å². The van der Waals surface area contributed by atoms with Crippen LogP contribution in [-0.2, 0) is 0 Å². The van der Waals surface area contributed by atoms with E-state index in [2.05, 4.69) is 87.3 Å². The first-order valence-electron chi connectivity index (χ1n) is 14.5. The van der Waals surface area contributed by atoms with Crippen molar-refractivity contribution in [2.24, 2.45) is 0 Å². The Morgan fingerprint density at radius 3 is 2.16 bits per heavy atom. The van der Waals surface area contributed by atoms with E-state index in [1.54, 1.807) is 6.33 Å². The average molecular weight is 566 g/mol. The Morgan fingerprint density at radius 1 is 0.523 bits per heavy atom. The number of fused-ring (bicyclic) bond motifs is 7. The number of hydrogen-bond donors (Lipinski definition) is 0. The van der Waals surface area contributed by atoms with Crippen molar-refractivity contribution in [1.82, 2.24) is 24.5 Å². The Hall–Kier alpha value is -6.14. The maximum Gasteiger partial charge on any atom is 0.163 e. The smallest absolute Gasteiger partial charge is 0.163 e. The molecule has 0 fully saturated rings. The van der Waals surface area contributed by atoms with E-state index >= 15 is 0 Å². The Bertz CT molecular complexity index is 2490. The summed E-state index contributed by atoms with van der Waals surface area (Å²) in [5.74, 6) is 1.25. The number of para-hydroxylation sites is 1. The monoisotopic (exact) mass is 565 g/mol. The minimum atomic E-state index is 0.613. The predicted octanol–water partition coefficient (Wildman–Crippen LogP) is 9.26. The zero-order valence-corrected chi connectivity index (χ0v) is 23.4. The molecule has 0 spiro atoms. The molecule has 0 bridgehead atoms. The molecule has 5 aromatic carbocycles. The fourth-order valence-electron chi connectivity index (χ4n) is 6.17. The summed E-state index contributed by atoms with van der Waals surface area (Å²) < 4.78 is 8.66. The van der Waals surface area contributed by atoms with Gasteiger partial charge in [-0.2, -0.15) is 0 Å². The quantitative estimate of drug-likeness (QED) is 0.213. The number of pyridine rings is 1. The molecule has 9 aromatic rings. The molecule has 6 nitrogen and oxygen atoms in total. The summed E-state index contributed by atoms with van der Waals surface area (Å²) in [6.45, 7) is 0. The summed E-state index contributed by atoms with van der Waals surface area (Å²) in [6.07, 6.45) is 3.42. The van der Waals surface area contributed by atoms with Crippen LogP contribution in [0.4, 0.5) is 0 Å². The molecule has 44 heavy (non-hydrogen) atoms. The molecule has 0 unspecified atom stereocenters. The van der Waals surface area contributed by atoms with Gasteiger partial charge in [0, 0.05) is 33.8 Å². The number of furan rings is 1. The molecule has 0 aliphatic heterocycles. The second-order valence-corrected chi connectivity index (χ2v) is 10.8. The number of rotatable bonds is 4. The third-order valence-corrected chi connectivity index (χ3v) is 8.21. The molecule has 0 aliphatic rings. The van der Waals surface area contributed by atoms with E-state index in [1.165, 1.54) is 5.56 Å². The van der Waals surface area contributed by atoms with Gasteiger partial charge in [0.15, 0.2) is 11.6 Å². The minimum absolute atomic E-state index is 0.613. The van der Waals surface area contributed by atoms with Crippen LogP contribution in [0.15, 0.2) is 144 Å². The van der Waals surface area contributed by atoms with Gasteiger partial charge in [-0.1, -0.05) is 84.9 Å². The van der Waals surface area contributed by atoms with Crippen LogP contribution in [0.25, 0.3) is 83.5 Å². The fourth-order valence-corrected chi connectivity index (χ4v) is 6.17. The van der Waals surface area contributed by atoms with Crippen LogP contribution < -0.4 is 0 Å². The molecule has 206 valence electrons. The maximum atomic E-state index is 6.42. The summed E-state index contributed by atoms with van der Waals surface area (Å²) in [5.41, 5.74) is 9.80. The molecule has 4 aromatic heterocycles. The van der Waals surface area contributed by atoms with Crippen molar-refractivity contribution in [3.05, 3.63) is 140 Å². The standard InChI is InChI=1S/C38H23N5O/c1-2-8-24(9-3-1)25-15-17-26(18-16-25)37-40-23-41-38(42-37)27-10-6-11-28(22-27)43-31-20-19-30-29-12-4-5-14-33(29)44-36(30)34(31)35-32(43)13-7-21-39-35/h1-23H. The first-order chi connectivity index (χ1) is 21.8. The van der Waals surface area contributed by atoms with Crippen molar-refractivity contribution >= 4 is 43.9 Å². The molecule has 0 N–H and O–H groups in total. The third-order valence-electron chi connectivity index (χ3n) is 8.21. The molecule has 0 amide bonds. The molecular formula is C38H23N5O. The topological polar surface area (TPSA) is 69.6 Å². The van der Waals surface area contributed by atoms with Gasteiger partial charge in [0.05, 0.1) is 16.4 Å². The Balaban J connectivity index is 1.16. The van der Waals surface area contributed by atoms with Crippen molar-refractivity contribution in [2.45, 2.75) is 0 Å². The van der Waals surface area contributed by atoms with Gasteiger partial charge in [0.25, 0.3) is 0 Å². The third kappa shape index (κ3) is 3.82. The van der Waals surface area contributed by atoms with Crippen LogP contribution in [0.1, 0.15) is 0 Å². The summed E-state index contributed by atoms with van der Waals surface area (Å²) >= 11 is 0. The van der Waals surface area contributed by atoms with Gasteiger partial charge < -0.3 is 8.98 Å². The van der Waals surface area contributed by atoms with Gasteiger partial charge in [-0.05, 0) is 53.6 Å². The number of aromatic nitrogens is 5. The van der Waals surface area contributed by atoms with Crippen molar-refractivity contribution < 1.29 is 4.42 Å². The van der Waals surface area contributed by atoms with Crippen LogP contribution in [0.2, 0.25) is 0 Å². The van der Waals surface area contributed by atoms with Gasteiger partial charge in [0.2, 0.25) is 0 Å². The minimum Gasteiger partial charge on any atom is -0.455 e. The highest BCUT2D eigenvalue weighted by Gasteiger charge is 2.19. The first kappa shape index (κ1) is 24.5. The Kier molecular flexibility index (Phi) is 5.40. The van der Waals surface area contributed by atoms with Gasteiger partial charge in [-0.25, -0.2) is 15.0 Å². The van der Waals surface area contributed by atoms with E-state index in [0.29, 0.717) is 11.6 Å². The van der Waals surface area contributed by atoms with Crippen molar-refractivity contribution in [1.29, 1.82) is 0 Å². The molecular weight excluding hydrogens is 542 g/mol. The SMILES string of the molecule is c1ccc(-c2ccc(-c3ncnc(-c4cccc(-n5c6cccnc6c6c7oc8ccccc8c7ccc65)c4)n3)cc2)cc1. The van der Waals surface area contributed by atoms with E-state index in [0.717, 1.165) is 66.3 Å². The number of benzene rings is 5. The number of nitrogens with zero attached hydrogens (tertiary/aromatic N) is 5. The molecule has 0 saturated heterocycles. The molecule has 0 atom stereocenters. The van der Waals surface area contributed by atoms with E-state index < -0.39 is 0 Å². The highest BCUT2D eigenvalue weighted by molar-refractivity contribution is 6.22. The lowest BCUT2D eigenvalue weighted by Crippen LogP contribution is -1.98. The summed E-state index contributed by atoms with van der Waals surface area (Å²) in [6, 6.07) is 43.5. The second-order valence-electron chi connectivity index (χ2n) is 10.8. The zero-order valence-electron chi connectivity index (χ0n) is 23.4. The summed E-state index contributed by atoms with van der Waals surface area (Å²) in [5, 5.41) is 3.19. The highest BCUT2D eigenvalue weighted by Crippen LogP contribution is 2.40. The van der Waals surface area contributed by atoms with Gasteiger partial charge in [-0.15, -0.1) is 0 Å². The molecule has 6 heteroatoms. The highest BCUT2D eigenvalue weighted by atomic mass is 16.3. The fraction of sp³-hybridized carbons (Fsp3) is 0. The van der Waals surface area contributed by atoms with Crippen LogP contribution in [0.3, 0.4) is 0 Å².